The first-order valence-electron chi connectivity index (χ1n) is 9.43. The highest BCUT2D eigenvalue weighted by Gasteiger charge is 2.49. The molecule has 148 valence electrons. The monoisotopic (exact) mass is 399 g/mol. The van der Waals surface area contributed by atoms with Crippen molar-refractivity contribution in [2.75, 3.05) is 0 Å². The van der Waals surface area contributed by atoms with Gasteiger partial charge in [-0.25, -0.2) is 9.69 Å². The lowest BCUT2D eigenvalue weighted by molar-refractivity contribution is -0.132. The lowest BCUT2D eigenvalue weighted by Crippen LogP contribution is -2.42. The number of carbonyl (C=O) groups excluding carboxylic acids is 2. The van der Waals surface area contributed by atoms with Gasteiger partial charge in [-0.2, -0.15) is 4.68 Å². The molecule has 3 aromatic carbocycles. The summed E-state index contributed by atoms with van der Waals surface area (Å²) in [6, 6.07) is 19.6. The van der Waals surface area contributed by atoms with Gasteiger partial charge in [0, 0.05) is 0 Å². The second-order valence-corrected chi connectivity index (χ2v) is 7.40. The Hall–Kier alpha value is -4.07. The Labute approximate surface area is 170 Å². The van der Waals surface area contributed by atoms with Crippen LogP contribution in [0.15, 0.2) is 71.5 Å². The van der Waals surface area contributed by atoms with Crippen molar-refractivity contribution < 1.29 is 9.59 Å². The number of imide groups is 1. The number of carbonyl (C=O) groups is 2. The van der Waals surface area contributed by atoms with Crippen LogP contribution in [0.25, 0.3) is 21.7 Å². The topological polar surface area (TPSA) is 97.2 Å². The summed E-state index contributed by atoms with van der Waals surface area (Å²) >= 11 is 0. The van der Waals surface area contributed by atoms with Gasteiger partial charge < -0.3 is 5.32 Å². The predicted octanol–water partition coefficient (Wildman–Crippen LogP) is 2.37. The lowest BCUT2D eigenvalue weighted by atomic mass is 9.90. The first-order chi connectivity index (χ1) is 14.5. The molecule has 2 heterocycles. The van der Waals surface area contributed by atoms with Crippen LogP contribution in [-0.2, 0) is 17.0 Å². The van der Waals surface area contributed by atoms with Gasteiger partial charge in [0.25, 0.3) is 11.5 Å². The quantitative estimate of drug-likeness (QED) is 0.534. The zero-order valence-corrected chi connectivity index (χ0v) is 16.1. The van der Waals surface area contributed by atoms with E-state index < -0.39 is 23.0 Å². The van der Waals surface area contributed by atoms with Crippen molar-refractivity contribution in [2.45, 2.75) is 19.1 Å². The van der Waals surface area contributed by atoms with E-state index in [0.717, 1.165) is 20.4 Å². The fraction of sp³-hybridized carbons (Fsp3) is 0.136. The highest BCUT2D eigenvalue weighted by atomic mass is 16.2. The number of amides is 3. The lowest BCUT2D eigenvalue weighted by Gasteiger charge is -2.22. The van der Waals surface area contributed by atoms with E-state index >= 15 is 0 Å². The van der Waals surface area contributed by atoms with Crippen LogP contribution < -0.4 is 10.9 Å². The average molecular weight is 399 g/mol. The molecular weight excluding hydrogens is 382 g/mol. The Bertz CT molecular complexity index is 1400. The van der Waals surface area contributed by atoms with Crippen molar-refractivity contribution in [1.29, 1.82) is 0 Å². The molecule has 8 nitrogen and oxygen atoms in total. The summed E-state index contributed by atoms with van der Waals surface area (Å²) in [5.41, 5.74) is -0.536. The van der Waals surface area contributed by atoms with Crippen LogP contribution in [0.3, 0.4) is 0 Å². The summed E-state index contributed by atoms with van der Waals surface area (Å²) < 4.78 is 1.02. The molecule has 1 aliphatic rings. The highest BCUT2D eigenvalue weighted by Crippen LogP contribution is 2.31. The van der Waals surface area contributed by atoms with E-state index in [2.05, 4.69) is 15.6 Å². The Kier molecular flexibility index (Phi) is 3.89. The van der Waals surface area contributed by atoms with Crippen LogP contribution >= 0.6 is 0 Å². The van der Waals surface area contributed by atoms with Crippen LogP contribution in [0.1, 0.15) is 12.5 Å². The van der Waals surface area contributed by atoms with Crippen molar-refractivity contribution in [3.05, 3.63) is 82.6 Å². The molecule has 0 bridgehead atoms. The van der Waals surface area contributed by atoms with E-state index in [9.17, 15) is 14.4 Å². The van der Waals surface area contributed by atoms with E-state index in [0.29, 0.717) is 16.5 Å². The number of nitrogens with one attached hydrogen (secondary N) is 1. The summed E-state index contributed by atoms with van der Waals surface area (Å²) in [4.78, 5) is 39.6. The van der Waals surface area contributed by atoms with E-state index in [4.69, 9.17) is 0 Å². The fourth-order valence-corrected chi connectivity index (χ4v) is 3.77. The number of hydrogen-bond acceptors (Lipinski definition) is 5. The molecule has 0 saturated carbocycles. The maximum absolute atomic E-state index is 13.2. The van der Waals surface area contributed by atoms with Gasteiger partial charge in [0.2, 0.25) is 0 Å². The van der Waals surface area contributed by atoms with Crippen LogP contribution in [0, 0.1) is 0 Å². The third-order valence-corrected chi connectivity index (χ3v) is 5.51. The second kappa shape index (κ2) is 6.48. The molecule has 1 N–H and O–H groups in total. The van der Waals surface area contributed by atoms with Gasteiger partial charge in [-0.15, -0.1) is 5.10 Å². The zero-order chi connectivity index (χ0) is 20.9. The smallest absolute Gasteiger partial charge is 0.319 e. The molecule has 4 aromatic rings. The SMILES string of the molecule is CC1(c2ccc3ccccc3c2)NC(=O)N(Cn2nnc3ccccc3c2=O)C1=O. The highest BCUT2D eigenvalue weighted by molar-refractivity contribution is 6.07. The van der Waals surface area contributed by atoms with Crippen molar-refractivity contribution >= 4 is 33.6 Å². The molecule has 30 heavy (non-hydrogen) atoms. The molecule has 1 fully saturated rings. The molecule has 1 aliphatic heterocycles. The van der Waals surface area contributed by atoms with Gasteiger partial charge in [-0.05, 0) is 41.5 Å². The largest absolute Gasteiger partial charge is 0.326 e. The molecule has 0 aliphatic carbocycles. The number of rotatable bonds is 3. The van der Waals surface area contributed by atoms with Gasteiger partial charge in [0.05, 0.1) is 5.39 Å². The summed E-state index contributed by atoms with van der Waals surface area (Å²) in [6.45, 7) is 1.34. The molecule has 1 saturated heterocycles. The molecule has 5 rings (SSSR count). The van der Waals surface area contributed by atoms with Gasteiger partial charge in [0.1, 0.15) is 17.7 Å². The fourth-order valence-electron chi connectivity index (χ4n) is 3.77. The first-order valence-corrected chi connectivity index (χ1v) is 9.43. The minimum atomic E-state index is -1.24. The minimum Gasteiger partial charge on any atom is -0.319 e. The number of fused-ring (bicyclic) bond motifs is 2. The molecule has 0 radical (unpaired) electrons. The van der Waals surface area contributed by atoms with Crippen molar-refractivity contribution in [3.63, 3.8) is 0 Å². The Morgan fingerprint density at radius 1 is 0.933 bits per heavy atom. The summed E-state index contributed by atoms with van der Waals surface area (Å²) in [5, 5.41) is 13.0. The Balaban J connectivity index is 1.51. The third-order valence-electron chi connectivity index (χ3n) is 5.51. The molecule has 1 aromatic heterocycles. The average Bonchev–Trinajstić information content (AvgIpc) is 2.99. The standard InChI is InChI=1S/C22H17N5O3/c1-22(16-11-10-14-6-2-3-7-15(14)12-16)20(29)26(21(30)23-22)13-27-19(28)17-8-4-5-9-18(17)24-25-27/h2-12H,13H2,1H3,(H,23,30). The number of aromatic nitrogens is 3. The number of benzene rings is 3. The van der Waals surface area contributed by atoms with Crippen LogP contribution in [0.2, 0.25) is 0 Å². The minimum absolute atomic E-state index is 0.315. The maximum atomic E-state index is 13.2. The maximum Gasteiger partial charge on any atom is 0.326 e. The molecule has 3 amide bonds. The number of hydrogen-bond donors (Lipinski definition) is 1. The third kappa shape index (κ3) is 2.65. The summed E-state index contributed by atoms with van der Waals surface area (Å²) in [6.07, 6.45) is 0. The van der Waals surface area contributed by atoms with Crippen LogP contribution in [-0.4, -0.2) is 31.8 Å². The second-order valence-electron chi connectivity index (χ2n) is 7.40. The van der Waals surface area contributed by atoms with Gasteiger partial charge in [-0.3, -0.25) is 9.59 Å². The molecule has 1 atom stereocenters. The predicted molar refractivity (Wildman–Crippen MR) is 110 cm³/mol. The van der Waals surface area contributed by atoms with E-state index in [-0.39, 0.29) is 6.67 Å². The van der Waals surface area contributed by atoms with Gasteiger partial charge in [0.15, 0.2) is 0 Å². The Morgan fingerprint density at radius 2 is 1.67 bits per heavy atom. The van der Waals surface area contributed by atoms with Gasteiger partial charge >= 0.3 is 6.03 Å². The normalized spacial score (nSPS) is 18.9. The van der Waals surface area contributed by atoms with E-state index in [1.54, 1.807) is 31.2 Å². The van der Waals surface area contributed by atoms with E-state index in [1.807, 2.05) is 42.5 Å². The van der Waals surface area contributed by atoms with Crippen LogP contribution in [0.4, 0.5) is 4.79 Å². The van der Waals surface area contributed by atoms with E-state index in [1.165, 1.54) is 0 Å². The molecule has 0 spiro atoms. The molecular formula is C22H17N5O3. The molecule has 8 heteroatoms. The molecule has 1 unspecified atom stereocenters. The van der Waals surface area contributed by atoms with Crippen molar-refractivity contribution in [1.82, 2.24) is 25.2 Å². The summed E-state index contributed by atoms with van der Waals surface area (Å²) in [5.74, 6) is -0.454. The van der Waals surface area contributed by atoms with Crippen molar-refractivity contribution in [2.24, 2.45) is 0 Å². The number of nitrogens with zero attached hydrogens (tertiary/aromatic N) is 4. The first kappa shape index (κ1) is 18.0. The Morgan fingerprint density at radius 3 is 2.50 bits per heavy atom. The number of urea groups is 1. The van der Waals surface area contributed by atoms with Crippen LogP contribution in [0.5, 0.6) is 0 Å². The zero-order valence-electron chi connectivity index (χ0n) is 16.1. The van der Waals surface area contributed by atoms with Crippen molar-refractivity contribution in [3.8, 4) is 0 Å². The summed E-state index contributed by atoms with van der Waals surface area (Å²) in [7, 11) is 0. The van der Waals surface area contributed by atoms with Gasteiger partial charge in [-0.1, -0.05) is 53.7 Å².